The van der Waals surface area contributed by atoms with E-state index in [1.54, 1.807) is 17.5 Å². The normalized spacial score (nSPS) is 15.6. The van der Waals surface area contributed by atoms with Crippen LogP contribution in [0.25, 0.3) is 5.69 Å². The lowest BCUT2D eigenvalue weighted by molar-refractivity contribution is -0.130. The molecule has 0 aliphatic carbocycles. The summed E-state index contributed by atoms with van der Waals surface area (Å²) in [7, 11) is 0. The second-order valence-electron chi connectivity index (χ2n) is 6.78. The van der Waals surface area contributed by atoms with Crippen molar-refractivity contribution >= 4 is 17.2 Å². The molecule has 0 N–H and O–H groups in total. The quantitative estimate of drug-likeness (QED) is 0.682. The smallest absolute Gasteiger partial charge is 0.227 e. The highest BCUT2D eigenvalue weighted by atomic mass is 32.1. The van der Waals surface area contributed by atoms with E-state index in [9.17, 15) is 4.79 Å². The van der Waals surface area contributed by atoms with E-state index in [1.165, 1.54) is 0 Å². The molecular weight excluding hydrogens is 358 g/mol. The van der Waals surface area contributed by atoms with Crippen molar-refractivity contribution in [2.24, 2.45) is 0 Å². The minimum Gasteiger partial charge on any atom is -0.341 e. The van der Waals surface area contributed by atoms with Crippen molar-refractivity contribution in [1.29, 1.82) is 0 Å². The number of thiazole rings is 1. The monoisotopic (exact) mass is 381 g/mol. The van der Waals surface area contributed by atoms with Crippen LogP contribution in [0.5, 0.6) is 0 Å². The first-order valence-corrected chi connectivity index (χ1v) is 10.2. The topological polar surface area (TPSA) is 54.3 Å². The van der Waals surface area contributed by atoms with E-state index in [-0.39, 0.29) is 5.91 Å². The molecule has 0 radical (unpaired) electrons. The average Bonchev–Trinajstić information content (AvgIpc) is 3.34. The molecule has 140 valence electrons. The summed E-state index contributed by atoms with van der Waals surface area (Å²) in [4.78, 5) is 21.5. The van der Waals surface area contributed by atoms with Gasteiger partial charge in [0, 0.05) is 50.5 Å². The predicted molar refractivity (Wildman–Crippen MR) is 106 cm³/mol. The van der Waals surface area contributed by atoms with Crippen molar-refractivity contribution in [2.75, 3.05) is 26.2 Å². The maximum Gasteiger partial charge on any atom is 0.227 e. The molecule has 7 heteroatoms. The molecule has 0 saturated carbocycles. The predicted octanol–water partition coefficient (Wildman–Crippen LogP) is 2.61. The van der Waals surface area contributed by atoms with Gasteiger partial charge in [-0.05, 0) is 30.2 Å². The second-order valence-corrected chi connectivity index (χ2v) is 7.50. The molecule has 0 unspecified atom stereocenters. The first-order valence-electron chi connectivity index (χ1n) is 9.24. The Morgan fingerprint density at radius 1 is 1.11 bits per heavy atom. The Balaban J connectivity index is 1.31. The van der Waals surface area contributed by atoms with Crippen LogP contribution in [0.4, 0.5) is 0 Å². The van der Waals surface area contributed by atoms with Gasteiger partial charge in [0.05, 0.1) is 23.3 Å². The lowest BCUT2D eigenvalue weighted by Crippen LogP contribution is -2.36. The van der Waals surface area contributed by atoms with Gasteiger partial charge >= 0.3 is 0 Å². The third-order valence-corrected chi connectivity index (χ3v) is 5.51. The number of carbonyl (C=O) groups is 1. The van der Waals surface area contributed by atoms with E-state index >= 15 is 0 Å². The standard InChI is InChI=1S/C20H23N5OS/c26-20(13-17-3-5-19(6-4-17)25-10-1-7-22-25)24-9-2-8-23(11-12-24)14-18-15-27-16-21-18/h1,3-7,10,15-16H,2,8-9,11-14H2. The highest BCUT2D eigenvalue weighted by Crippen LogP contribution is 2.13. The number of aromatic nitrogens is 3. The van der Waals surface area contributed by atoms with Crippen LogP contribution in [0, 0.1) is 0 Å². The summed E-state index contributed by atoms with van der Waals surface area (Å²) < 4.78 is 1.82. The summed E-state index contributed by atoms with van der Waals surface area (Å²) in [5.74, 6) is 0.206. The van der Waals surface area contributed by atoms with E-state index in [2.05, 4.69) is 20.4 Å². The molecule has 1 fully saturated rings. The van der Waals surface area contributed by atoms with Gasteiger partial charge in [0.2, 0.25) is 5.91 Å². The molecule has 3 heterocycles. The van der Waals surface area contributed by atoms with Gasteiger partial charge in [0.1, 0.15) is 0 Å². The van der Waals surface area contributed by atoms with Crippen LogP contribution in [-0.4, -0.2) is 56.7 Å². The van der Waals surface area contributed by atoms with Crippen LogP contribution < -0.4 is 0 Å². The Morgan fingerprint density at radius 3 is 2.74 bits per heavy atom. The molecule has 1 aliphatic rings. The van der Waals surface area contributed by atoms with Crippen LogP contribution in [0.2, 0.25) is 0 Å². The zero-order valence-corrected chi connectivity index (χ0v) is 16.0. The highest BCUT2D eigenvalue weighted by Gasteiger charge is 2.19. The fourth-order valence-electron chi connectivity index (χ4n) is 3.40. The fraction of sp³-hybridized carbons (Fsp3) is 0.350. The summed E-state index contributed by atoms with van der Waals surface area (Å²) >= 11 is 1.63. The zero-order valence-electron chi connectivity index (χ0n) is 15.2. The molecule has 1 saturated heterocycles. The van der Waals surface area contributed by atoms with Gasteiger partial charge in [-0.3, -0.25) is 9.69 Å². The van der Waals surface area contributed by atoms with Crippen molar-refractivity contribution in [1.82, 2.24) is 24.6 Å². The summed E-state index contributed by atoms with van der Waals surface area (Å²) in [6.07, 6.45) is 5.13. The number of hydrogen-bond acceptors (Lipinski definition) is 5. The van der Waals surface area contributed by atoms with Crippen LogP contribution in [-0.2, 0) is 17.8 Å². The Hall–Kier alpha value is -2.51. The molecule has 4 rings (SSSR count). The molecule has 1 aliphatic heterocycles. The molecule has 6 nitrogen and oxygen atoms in total. The first-order chi connectivity index (χ1) is 13.3. The number of benzene rings is 1. The number of amides is 1. The third kappa shape index (κ3) is 4.61. The van der Waals surface area contributed by atoms with Crippen molar-refractivity contribution in [3.8, 4) is 5.69 Å². The van der Waals surface area contributed by atoms with Gasteiger partial charge in [-0.1, -0.05) is 12.1 Å². The minimum atomic E-state index is 0.206. The minimum absolute atomic E-state index is 0.206. The zero-order chi connectivity index (χ0) is 18.5. The van der Waals surface area contributed by atoms with E-state index in [4.69, 9.17) is 0 Å². The van der Waals surface area contributed by atoms with Gasteiger partial charge in [0.25, 0.3) is 0 Å². The molecule has 2 aromatic heterocycles. The molecule has 27 heavy (non-hydrogen) atoms. The molecule has 0 bridgehead atoms. The van der Waals surface area contributed by atoms with Gasteiger partial charge in [-0.25, -0.2) is 9.67 Å². The third-order valence-electron chi connectivity index (χ3n) is 4.87. The van der Waals surface area contributed by atoms with Crippen molar-refractivity contribution < 1.29 is 4.79 Å². The van der Waals surface area contributed by atoms with Gasteiger partial charge in [-0.2, -0.15) is 5.10 Å². The van der Waals surface area contributed by atoms with E-state index in [0.29, 0.717) is 6.42 Å². The number of nitrogens with zero attached hydrogens (tertiary/aromatic N) is 5. The average molecular weight is 382 g/mol. The van der Waals surface area contributed by atoms with Crippen LogP contribution in [0.15, 0.2) is 53.6 Å². The van der Waals surface area contributed by atoms with Crippen LogP contribution in [0.3, 0.4) is 0 Å². The lowest BCUT2D eigenvalue weighted by atomic mass is 10.1. The van der Waals surface area contributed by atoms with E-state index in [0.717, 1.165) is 56.1 Å². The Morgan fingerprint density at radius 2 is 2.00 bits per heavy atom. The summed E-state index contributed by atoms with van der Waals surface area (Å²) in [5, 5.41) is 6.33. The van der Waals surface area contributed by atoms with Gasteiger partial charge in [-0.15, -0.1) is 11.3 Å². The molecule has 3 aromatic rings. The Labute approximate surface area is 163 Å². The van der Waals surface area contributed by atoms with Crippen LogP contribution >= 0.6 is 11.3 Å². The van der Waals surface area contributed by atoms with E-state index < -0.39 is 0 Å². The number of carbonyl (C=O) groups excluding carboxylic acids is 1. The Kier molecular flexibility index (Phi) is 5.60. The van der Waals surface area contributed by atoms with Crippen molar-refractivity contribution in [2.45, 2.75) is 19.4 Å². The maximum atomic E-state index is 12.7. The number of hydrogen-bond donors (Lipinski definition) is 0. The largest absolute Gasteiger partial charge is 0.341 e. The molecule has 0 atom stereocenters. The molecule has 1 amide bonds. The molecule has 0 spiro atoms. The second kappa shape index (κ2) is 8.45. The molecular formula is C20H23N5OS. The van der Waals surface area contributed by atoms with Crippen molar-refractivity contribution in [3.05, 3.63) is 64.9 Å². The van der Waals surface area contributed by atoms with Crippen LogP contribution in [0.1, 0.15) is 17.7 Å². The Bertz CT molecular complexity index is 845. The SMILES string of the molecule is O=C(Cc1ccc(-n2cccn2)cc1)N1CCCN(Cc2cscn2)CC1. The van der Waals surface area contributed by atoms with Crippen molar-refractivity contribution in [3.63, 3.8) is 0 Å². The summed E-state index contributed by atoms with van der Waals surface area (Å²) in [6.45, 7) is 4.41. The van der Waals surface area contributed by atoms with Gasteiger partial charge < -0.3 is 4.90 Å². The van der Waals surface area contributed by atoms with Gasteiger partial charge in [0.15, 0.2) is 0 Å². The van der Waals surface area contributed by atoms with E-state index in [1.807, 2.05) is 51.6 Å². The lowest BCUT2D eigenvalue weighted by Gasteiger charge is -2.21. The number of rotatable bonds is 5. The summed E-state index contributed by atoms with van der Waals surface area (Å²) in [6, 6.07) is 9.94. The first kappa shape index (κ1) is 17.9. The highest BCUT2D eigenvalue weighted by molar-refractivity contribution is 7.07. The molecule has 1 aromatic carbocycles. The summed E-state index contributed by atoms with van der Waals surface area (Å²) in [5.41, 5.74) is 5.04. The fourth-order valence-corrected chi connectivity index (χ4v) is 3.95. The maximum absolute atomic E-state index is 12.7.